The van der Waals surface area contributed by atoms with E-state index in [9.17, 15) is 0 Å². The summed E-state index contributed by atoms with van der Waals surface area (Å²) in [5.41, 5.74) is 3.82. The van der Waals surface area contributed by atoms with Gasteiger partial charge in [0.25, 0.3) is 0 Å². The van der Waals surface area contributed by atoms with Crippen LogP contribution in [0, 0.1) is 6.92 Å². The highest BCUT2D eigenvalue weighted by atomic mass is 16.5. The van der Waals surface area contributed by atoms with Crippen molar-refractivity contribution in [3.05, 3.63) is 54.2 Å². The molecule has 0 amide bonds. The molecular formula is C20H20N2O3. The molecule has 0 fully saturated rings. The topological polar surface area (TPSA) is 53.5 Å². The highest BCUT2D eigenvalue weighted by Gasteiger charge is 2.15. The molecule has 0 bridgehead atoms. The summed E-state index contributed by atoms with van der Waals surface area (Å²) in [6.07, 6.45) is 1.75. The number of nitrogens with zero attached hydrogens (tertiary/aromatic N) is 2. The van der Waals surface area contributed by atoms with Crippen LogP contribution >= 0.6 is 0 Å². The molecule has 0 aliphatic rings. The number of methoxy groups -OCH3 is 3. The molecule has 25 heavy (non-hydrogen) atoms. The molecule has 3 rings (SSSR count). The van der Waals surface area contributed by atoms with E-state index in [1.54, 1.807) is 27.5 Å². The minimum Gasteiger partial charge on any atom is -0.493 e. The summed E-state index contributed by atoms with van der Waals surface area (Å²) in [4.78, 5) is 9.07. The van der Waals surface area contributed by atoms with Gasteiger partial charge in [0.15, 0.2) is 17.3 Å². The first-order valence-corrected chi connectivity index (χ1v) is 7.86. The average Bonchev–Trinajstić information content (AvgIpc) is 2.67. The van der Waals surface area contributed by atoms with E-state index in [-0.39, 0.29) is 0 Å². The van der Waals surface area contributed by atoms with E-state index in [1.165, 1.54) is 5.56 Å². The molecule has 5 nitrogen and oxygen atoms in total. The lowest BCUT2D eigenvalue weighted by Gasteiger charge is -2.14. The summed E-state index contributed by atoms with van der Waals surface area (Å²) in [5, 5.41) is 0. The molecule has 0 radical (unpaired) electrons. The Morgan fingerprint density at radius 2 is 1.40 bits per heavy atom. The zero-order valence-corrected chi connectivity index (χ0v) is 14.7. The largest absolute Gasteiger partial charge is 0.493 e. The Balaban J connectivity index is 2.08. The molecule has 0 unspecified atom stereocenters. The Morgan fingerprint density at radius 1 is 0.760 bits per heavy atom. The van der Waals surface area contributed by atoms with Crippen LogP contribution in [0.5, 0.6) is 17.2 Å². The summed E-state index contributed by atoms with van der Waals surface area (Å²) < 4.78 is 16.2. The molecule has 0 spiro atoms. The number of aromatic nitrogens is 2. The van der Waals surface area contributed by atoms with E-state index in [0.29, 0.717) is 23.1 Å². The molecule has 0 saturated carbocycles. The number of rotatable bonds is 5. The smallest absolute Gasteiger partial charge is 0.203 e. The van der Waals surface area contributed by atoms with Gasteiger partial charge in [0.2, 0.25) is 5.75 Å². The van der Waals surface area contributed by atoms with Crippen molar-refractivity contribution in [2.45, 2.75) is 6.92 Å². The molecule has 5 heteroatoms. The van der Waals surface area contributed by atoms with Crippen molar-refractivity contribution in [1.82, 2.24) is 9.97 Å². The summed E-state index contributed by atoms with van der Waals surface area (Å²) in [7, 11) is 4.78. The maximum Gasteiger partial charge on any atom is 0.203 e. The monoisotopic (exact) mass is 336 g/mol. The lowest BCUT2D eigenvalue weighted by atomic mass is 10.1. The van der Waals surface area contributed by atoms with Gasteiger partial charge >= 0.3 is 0 Å². The standard InChI is InChI=1S/C20H20N2O3/c1-13-5-7-14(8-6-13)20-21-10-9-16(22-20)15-11-17(23-2)19(25-4)18(12-15)24-3/h5-12H,1-4H3. The third kappa shape index (κ3) is 3.40. The molecule has 0 aliphatic heterocycles. The van der Waals surface area contributed by atoms with Crippen molar-refractivity contribution >= 4 is 0 Å². The molecule has 0 N–H and O–H groups in total. The second kappa shape index (κ2) is 7.21. The zero-order valence-electron chi connectivity index (χ0n) is 14.7. The van der Waals surface area contributed by atoms with Crippen LogP contribution in [0.1, 0.15) is 5.56 Å². The summed E-state index contributed by atoms with van der Waals surface area (Å²) in [6.45, 7) is 2.05. The van der Waals surface area contributed by atoms with Crippen LogP contribution < -0.4 is 14.2 Å². The van der Waals surface area contributed by atoms with E-state index in [0.717, 1.165) is 16.8 Å². The van der Waals surface area contributed by atoms with Crippen molar-refractivity contribution in [2.75, 3.05) is 21.3 Å². The Labute approximate surface area is 147 Å². The molecule has 0 aliphatic carbocycles. The summed E-state index contributed by atoms with van der Waals surface area (Å²) >= 11 is 0. The van der Waals surface area contributed by atoms with E-state index in [2.05, 4.69) is 16.9 Å². The first-order chi connectivity index (χ1) is 12.2. The minimum atomic E-state index is 0.557. The molecule has 0 atom stereocenters. The van der Waals surface area contributed by atoms with Crippen molar-refractivity contribution in [2.24, 2.45) is 0 Å². The Hall–Kier alpha value is -3.08. The van der Waals surface area contributed by atoms with Gasteiger partial charge in [-0.1, -0.05) is 29.8 Å². The normalized spacial score (nSPS) is 10.4. The predicted octanol–water partition coefficient (Wildman–Crippen LogP) is 4.14. The second-order valence-corrected chi connectivity index (χ2v) is 5.55. The third-order valence-corrected chi connectivity index (χ3v) is 3.93. The van der Waals surface area contributed by atoms with Crippen LogP contribution in [-0.4, -0.2) is 31.3 Å². The van der Waals surface area contributed by atoms with Gasteiger partial charge in [-0.15, -0.1) is 0 Å². The number of ether oxygens (including phenoxy) is 3. The Kier molecular flexibility index (Phi) is 4.84. The zero-order chi connectivity index (χ0) is 17.8. The highest BCUT2D eigenvalue weighted by Crippen LogP contribution is 2.40. The fourth-order valence-electron chi connectivity index (χ4n) is 2.59. The molecule has 128 valence electrons. The van der Waals surface area contributed by atoms with Crippen LogP contribution in [0.15, 0.2) is 48.7 Å². The maximum absolute atomic E-state index is 5.42. The first kappa shape index (κ1) is 16.8. The van der Waals surface area contributed by atoms with Crippen molar-refractivity contribution in [1.29, 1.82) is 0 Å². The second-order valence-electron chi connectivity index (χ2n) is 5.55. The lowest BCUT2D eigenvalue weighted by Crippen LogP contribution is -1.97. The Morgan fingerprint density at radius 3 is 1.96 bits per heavy atom. The number of benzene rings is 2. The molecule has 0 saturated heterocycles. The first-order valence-electron chi connectivity index (χ1n) is 7.86. The number of hydrogen-bond donors (Lipinski definition) is 0. The van der Waals surface area contributed by atoms with Gasteiger partial charge in [0.1, 0.15) is 0 Å². The third-order valence-electron chi connectivity index (χ3n) is 3.93. The van der Waals surface area contributed by atoms with E-state index < -0.39 is 0 Å². The van der Waals surface area contributed by atoms with Crippen LogP contribution in [0.2, 0.25) is 0 Å². The van der Waals surface area contributed by atoms with Gasteiger partial charge in [-0.05, 0) is 25.1 Å². The maximum atomic E-state index is 5.42. The van der Waals surface area contributed by atoms with Crippen molar-refractivity contribution < 1.29 is 14.2 Å². The molecular weight excluding hydrogens is 316 g/mol. The van der Waals surface area contributed by atoms with Gasteiger partial charge in [0, 0.05) is 17.3 Å². The highest BCUT2D eigenvalue weighted by molar-refractivity contribution is 5.70. The fourth-order valence-corrected chi connectivity index (χ4v) is 2.59. The van der Waals surface area contributed by atoms with E-state index in [1.807, 2.05) is 42.5 Å². The van der Waals surface area contributed by atoms with E-state index >= 15 is 0 Å². The minimum absolute atomic E-state index is 0.557. The van der Waals surface area contributed by atoms with Crippen LogP contribution in [-0.2, 0) is 0 Å². The van der Waals surface area contributed by atoms with Gasteiger partial charge in [-0.25, -0.2) is 9.97 Å². The van der Waals surface area contributed by atoms with E-state index in [4.69, 9.17) is 14.2 Å². The van der Waals surface area contributed by atoms with Crippen molar-refractivity contribution in [3.8, 4) is 39.9 Å². The Bertz CT molecular complexity index is 851. The molecule has 3 aromatic rings. The average molecular weight is 336 g/mol. The SMILES string of the molecule is COc1cc(-c2ccnc(-c3ccc(C)cc3)n2)cc(OC)c1OC. The fraction of sp³-hybridized carbons (Fsp3) is 0.200. The predicted molar refractivity (Wildman–Crippen MR) is 97.3 cm³/mol. The van der Waals surface area contributed by atoms with Crippen molar-refractivity contribution in [3.63, 3.8) is 0 Å². The lowest BCUT2D eigenvalue weighted by molar-refractivity contribution is 0.324. The summed E-state index contributed by atoms with van der Waals surface area (Å²) in [5.74, 6) is 2.41. The number of hydrogen-bond acceptors (Lipinski definition) is 5. The van der Waals surface area contributed by atoms with Gasteiger partial charge < -0.3 is 14.2 Å². The quantitative estimate of drug-likeness (QED) is 0.701. The van der Waals surface area contributed by atoms with Gasteiger partial charge in [-0.2, -0.15) is 0 Å². The molecule has 2 aromatic carbocycles. The van der Waals surface area contributed by atoms with Crippen LogP contribution in [0.25, 0.3) is 22.6 Å². The number of aryl methyl sites for hydroxylation is 1. The molecule has 1 aromatic heterocycles. The van der Waals surface area contributed by atoms with Gasteiger partial charge in [0.05, 0.1) is 27.0 Å². The summed E-state index contributed by atoms with van der Waals surface area (Å²) in [6, 6.07) is 13.7. The van der Waals surface area contributed by atoms with Crippen LogP contribution in [0.4, 0.5) is 0 Å². The molecule has 1 heterocycles. The van der Waals surface area contributed by atoms with Gasteiger partial charge in [-0.3, -0.25) is 0 Å². The van der Waals surface area contributed by atoms with Crippen LogP contribution in [0.3, 0.4) is 0 Å².